The molecule has 0 aromatic carbocycles. The average molecular weight is 226 g/mol. The molecule has 0 bridgehead atoms. The average Bonchev–Trinajstić information content (AvgIpc) is 3.00. The molecular formula is C11H10N6. The highest BCUT2D eigenvalue weighted by Gasteiger charge is 2.10. The van der Waals surface area contributed by atoms with Crippen LogP contribution < -0.4 is 5.73 Å². The van der Waals surface area contributed by atoms with Crippen LogP contribution in [-0.2, 0) is 0 Å². The van der Waals surface area contributed by atoms with Gasteiger partial charge in [0.25, 0.3) is 0 Å². The normalized spacial score (nSPS) is 10.6. The summed E-state index contributed by atoms with van der Waals surface area (Å²) in [6.07, 6.45) is 8.64. The minimum absolute atomic E-state index is 0.484. The molecule has 0 aliphatic carbocycles. The molecular weight excluding hydrogens is 216 g/mol. The largest absolute Gasteiger partial charge is 0.383 e. The summed E-state index contributed by atoms with van der Waals surface area (Å²) in [5.74, 6) is 0.484. The minimum Gasteiger partial charge on any atom is -0.383 e. The van der Waals surface area contributed by atoms with Gasteiger partial charge in [-0.1, -0.05) is 0 Å². The summed E-state index contributed by atoms with van der Waals surface area (Å²) in [4.78, 5) is 8.20. The molecule has 84 valence electrons. The number of hydrogen-bond donors (Lipinski definition) is 2. The van der Waals surface area contributed by atoms with Crippen LogP contribution in [0.5, 0.6) is 0 Å². The fraction of sp³-hybridized carbons (Fsp3) is 0. The second-order valence-electron chi connectivity index (χ2n) is 3.54. The highest BCUT2D eigenvalue weighted by Crippen LogP contribution is 2.25. The molecule has 3 aromatic heterocycles. The van der Waals surface area contributed by atoms with Gasteiger partial charge in [-0.15, -0.1) is 0 Å². The van der Waals surface area contributed by atoms with E-state index in [0.717, 1.165) is 16.9 Å². The van der Waals surface area contributed by atoms with Crippen molar-refractivity contribution < 1.29 is 0 Å². The smallest absolute Gasteiger partial charge is 0.132 e. The van der Waals surface area contributed by atoms with Crippen LogP contribution in [0.25, 0.3) is 16.9 Å². The Kier molecular flexibility index (Phi) is 2.11. The lowest BCUT2D eigenvalue weighted by Gasteiger charge is -2.06. The van der Waals surface area contributed by atoms with E-state index < -0.39 is 0 Å². The number of H-pyrrole nitrogens is 1. The Morgan fingerprint density at radius 2 is 2.24 bits per heavy atom. The molecule has 3 N–H and O–H groups in total. The van der Waals surface area contributed by atoms with Crippen LogP contribution in [0.4, 0.5) is 5.82 Å². The maximum absolute atomic E-state index is 5.86. The fourth-order valence-corrected chi connectivity index (χ4v) is 1.71. The van der Waals surface area contributed by atoms with Crippen molar-refractivity contribution in [3.8, 4) is 16.9 Å². The van der Waals surface area contributed by atoms with Crippen molar-refractivity contribution in [1.29, 1.82) is 0 Å². The van der Waals surface area contributed by atoms with Crippen LogP contribution in [0, 0.1) is 0 Å². The molecule has 3 rings (SSSR count). The van der Waals surface area contributed by atoms with E-state index in [1.54, 1.807) is 31.1 Å². The van der Waals surface area contributed by atoms with E-state index in [2.05, 4.69) is 20.2 Å². The number of nitrogens with two attached hydrogens (primary N) is 1. The summed E-state index contributed by atoms with van der Waals surface area (Å²) in [5.41, 5.74) is 8.50. The van der Waals surface area contributed by atoms with Crippen molar-refractivity contribution in [1.82, 2.24) is 24.7 Å². The van der Waals surface area contributed by atoms with E-state index in [0.29, 0.717) is 5.82 Å². The zero-order valence-corrected chi connectivity index (χ0v) is 8.91. The molecule has 3 aromatic rings. The third-order valence-electron chi connectivity index (χ3n) is 2.51. The van der Waals surface area contributed by atoms with Gasteiger partial charge < -0.3 is 5.73 Å². The first-order valence-electron chi connectivity index (χ1n) is 5.08. The number of aromatic nitrogens is 5. The quantitative estimate of drug-likeness (QED) is 0.688. The van der Waals surface area contributed by atoms with E-state index in [1.165, 1.54) is 0 Å². The van der Waals surface area contributed by atoms with E-state index >= 15 is 0 Å². The molecule has 0 fully saturated rings. The number of hydrogen-bond acceptors (Lipinski definition) is 4. The van der Waals surface area contributed by atoms with Gasteiger partial charge in [-0.05, 0) is 12.1 Å². The first-order valence-corrected chi connectivity index (χ1v) is 5.08. The highest BCUT2D eigenvalue weighted by atomic mass is 15.1. The van der Waals surface area contributed by atoms with Gasteiger partial charge in [-0.25, -0.2) is 9.97 Å². The van der Waals surface area contributed by atoms with Crippen LogP contribution in [0.3, 0.4) is 0 Å². The van der Waals surface area contributed by atoms with Gasteiger partial charge in [0.1, 0.15) is 5.82 Å². The van der Waals surface area contributed by atoms with Gasteiger partial charge in [0.2, 0.25) is 0 Å². The van der Waals surface area contributed by atoms with Crippen molar-refractivity contribution in [2.24, 2.45) is 0 Å². The Morgan fingerprint density at radius 3 is 3.00 bits per heavy atom. The number of imidazole rings is 1. The van der Waals surface area contributed by atoms with Crippen molar-refractivity contribution in [2.45, 2.75) is 0 Å². The second kappa shape index (κ2) is 3.75. The molecule has 0 saturated carbocycles. The Bertz CT molecular complexity index is 625. The highest BCUT2D eigenvalue weighted by molar-refractivity contribution is 5.71. The van der Waals surface area contributed by atoms with Gasteiger partial charge in [0, 0.05) is 18.0 Å². The molecule has 3 heterocycles. The first kappa shape index (κ1) is 9.59. The van der Waals surface area contributed by atoms with Gasteiger partial charge in [0.05, 0.1) is 30.1 Å². The Labute approximate surface area is 97.1 Å². The molecule has 0 atom stereocenters. The second-order valence-corrected chi connectivity index (χ2v) is 3.54. The molecule has 17 heavy (non-hydrogen) atoms. The molecule has 6 nitrogen and oxygen atoms in total. The number of pyridine rings is 1. The summed E-state index contributed by atoms with van der Waals surface area (Å²) >= 11 is 0. The lowest BCUT2D eigenvalue weighted by atomic mass is 10.2. The standard InChI is InChI=1S/C11H10N6/c12-11-9(2-1-3-14-11)10-6-13-7-17(10)8-4-15-16-5-8/h1-7H,(H2,12,14)(H,15,16). The molecule has 0 saturated heterocycles. The molecule has 0 spiro atoms. The van der Waals surface area contributed by atoms with Crippen LogP contribution in [0.2, 0.25) is 0 Å². The Balaban J connectivity index is 2.17. The first-order chi connectivity index (χ1) is 8.36. The number of nitrogens with one attached hydrogen (secondary N) is 1. The summed E-state index contributed by atoms with van der Waals surface area (Å²) in [5, 5.41) is 6.68. The maximum atomic E-state index is 5.86. The van der Waals surface area contributed by atoms with E-state index in [1.807, 2.05) is 16.7 Å². The lowest BCUT2D eigenvalue weighted by molar-refractivity contribution is 1.06. The molecule has 6 heteroatoms. The van der Waals surface area contributed by atoms with Gasteiger partial charge in [-0.2, -0.15) is 5.10 Å². The SMILES string of the molecule is Nc1ncccc1-c1cncn1-c1cn[nH]c1. The van der Waals surface area contributed by atoms with Crippen LogP contribution in [-0.4, -0.2) is 24.7 Å². The summed E-state index contributed by atoms with van der Waals surface area (Å²) in [7, 11) is 0. The van der Waals surface area contributed by atoms with Crippen LogP contribution >= 0.6 is 0 Å². The molecule has 0 radical (unpaired) electrons. The van der Waals surface area contributed by atoms with Crippen molar-refractivity contribution in [2.75, 3.05) is 5.73 Å². The fourth-order valence-electron chi connectivity index (χ4n) is 1.71. The van der Waals surface area contributed by atoms with Gasteiger partial charge in [-0.3, -0.25) is 9.67 Å². The Hall–Kier alpha value is -2.63. The molecule has 0 aliphatic heterocycles. The predicted octanol–water partition coefficient (Wildman–Crippen LogP) is 1.24. The summed E-state index contributed by atoms with van der Waals surface area (Å²) < 4.78 is 1.90. The number of nitrogen functional groups attached to an aromatic ring is 1. The minimum atomic E-state index is 0.484. The predicted molar refractivity (Wildman–Crippen MR) is 63.4 cm³/mol. The maximum Gasteiger partial charge on any atom is 0.132 e. The van der Waals surface area contributed by atoms with Crippen molar-refractivity contribution >= 4 is 5.82 Å². The number of aromatic amines is 1. The zero-order valence-electron chi connectivity index (χ0n) is 8.91. The van der Waals surface area contributed by atoms with Crippen LogP contribution in [0.1, 0.15) is 0 Å². The van der Waals surface area contributed by atoms with E-state index in [4.69, 9.17) is 5.73 Å². The lowest BCUT2D eigenvalue weighted by Crippen LogP contribution is -1.98. The van der Waals surface area contributed by atoms with E-state index in [9.17, 15) is 0 Å². The summed E-state index contributed by atoms with van der Waals surface area (Å²) in [6, 6.07) is 3.76. The third-order valence-corrected chi connectivity index (χ3v) is 2.51. The molecule has 0 unspecified atom stereocenters. The summed E-state index contributed by atoms with van der Waals surface area (Å²) in [6.45, 7) is 0. The van der Waals surface area contributed by atoms with Gasteiger partial charge >= 0.3 is 0 Å². The zero-order chi connectivity index (χ0) is 11.7. The third kappa shape index (κ3) is 1.55. The number of rotatable bonds is 2. The van der Waals surface area contributed by atoms with E-state index in [-0.39, 0.29) is 0 Å². The number of nitrogens with zero attached hydrogens (tertiary/aromatic N) is 4. The molecule has 0 aliphatic rings. The van der Waals surface area contributed by atoms with Gasteiger partial charge in [0.15, 0.2) is 0 Å². The van der Waals surface area contributed by atoms with Crippen molar-refractivity contribution in [3.05, 3.63) is 43.2 Å². The monoisotopic (exact) mass is 226 g/mol. The topological polar surface area (TPSA) is 85.4 Å². The van der Waals surface area contributed by atoms with Crippen molar-refractivity contribution in [3.63, 3.8) is 0 Å². The Morgan fingerprint density at radius 1 is 1.29 bits per heavy atom. The van der Waals surface area contributed by atoms with Crippen LogP contribution in [0.15, 0.2) is 43.2 Å². The number of anilines is 1. The molecule has 0 amide bonds.